The Morgan fingerprint density at radius 3 is 1.83 bits per heavy atom. The maximum Gasteiger partial charge on any atom is 0.326 e. The van der Waals surface area contributed by atoms with Gasteiger partial charge in [-0.25, -0.2) is 14.8 Å². The molecule has 16 nitrogen and oxygen atoms in total. The molecule has 16 heteroatoms. The summed E-state index contributed by atoms with van der Waals surface area (Å²) in [5.74, 6) is -5.45. The number of aromatic hydroxyl groups is 1. The second kappa shape index (κ2) is 14.2. The van der Waals surface area contributed by atoms with Gasteiger partial charge in [0, 0.05) is 43.0 Å². The molecule has 0 saturated heterocycles. The number of nitrogens with two attached hydrogens (primary N) is 1. The predicted molar refractivity (Wildman–Crippen MR) is 140 cm³/mol. The lowest BCUT2D eigenvalue weighted by molar-refractivity contribution is -0.143. The zero-order chi connectivity index (χ0) is 29.9. The summed E-state index contributed by atoms with van der Waals surface area (Å²) in [6, 6.07) is 0.218. The van der Waals surface area contributed by atoms with Crippen molar-refractivity contribution in [2.75, 3.05) is 0 Å². The molecule has 0 spiro atoms. The van der Waals surface area contributed by atoms with Crippen molar-refractivity contribution < 1.29 is 39.3 Å². The lowest BCUT2D eigenvalue weighted by atomic mass is 10.0. The van der Waals surface area contributed by atoms with Gasteiger partial charge in [0.25, 0.3) is 0 Å². The standard InChI is InChI=1S/C25H30N8O8/c26-17(6-14-9-27-11-29-14)22(37)31-19(8-21(35)36)24(39)32-18(7-15-10-28-12-30-15)23(38)33-20(25(40)41)5-13-1-3-16(34)4-2-13/h1-4,9-12,17-20,34H,5-8,26H2,(H,27,29)(H,28,30)(H,31,37)(H,32,39)(H,33,38)(H,35,36)(H,40,41). The molecule has 0 aliphatic rings. The molecule has 0 saturated carbocycles. The van der Waals surface area contributed by atoms with Crippen LogP contribution in [0.1, 0.15) is 23.4 Å². The molecule has 4 atom stereocenters. The van der Waals surface area contributed by atoms with Crippen molar-refractivity contribution in [1.82, 2.24) is 35.9 Å². The number of rotatable bonds is 15. The smallest absolute Gasteiger partial charge is 0.326 e. The molecule has 10 N–H and O–H groups in total. The molecule has 3 amide bonds. The third-order valence-electron chi connectivity index (χ3n) is 5.95. The van der Waals surface area contributed by atoms with E-state index in [-0.39, 0.29) is 25.0 Å². The van der Waals surface area contributed by atoms with Crippen LogP contribution in [0.4, 0.5) is 0 Å². The summed E-state index contributed by atoms with van der Waals surface area (Å²) in [5, 5.41) is 35.6. The summed E-state index contributed by atoms with van der Waals surface area (Å²) in [6.07, 6.45) is 4.52. The number of phenols is 1. The minimum absolute atomic E-state index is 0.0164. The van der Waals surface area contributed by atoms with Crippen LogP contribution < -0.4 is 21.7 Å². The van der Waals surface area contributed by atoms with E-state index >= 15 is 0 Å². The number of aromatic nitrogens is 4. The molecule has 3 rings (SSSR count). The molecule has 2 heterocycles. The van der Waals surface area contributed by atoms with Gasteiger partial charge in [-0.3, -0.25) is 19.2 Å². The van der Waals surface area contributed by atoms with Crippen LogP contribution >= 0.6 is 0 Å². The number of carboxylic acids is 2. The fourth-order valence-corrected chi connectivity index (χ4v) is 3.83. The molecular weight excluding hydrogens is 540 g/mol. The van der Waals surface area contributed by atoms with Crippen LogP contribution in [0.25, 0.3) is 0 Å². The molecular formula is C25H30N8O8. The first-order valence-electron chi connectivity index (χ1n) is 12.4. The van der Waals surface area contributed by atoms with Gasteiger partial charge in [0.15, 0.2) is 0 Å². The lowest BCUT2D eigenvalue weighted by Gasteiger charge is -2.24. The molecule has 0 aliphatic carbocycles. The SMILES string of the molecule is NC(Cc1cnc[nH]1)C(=O)NC(CC(=O)O)C(=O)NC(Cc1cnc[nH]1)C(=O)NC(Cc1ccc(O)cc1)C(=O)O. The van der Waals surface area contributed by atoms with Gasteiger partial charge in [-0.15, -0.1) is 0 Å². The summed E-state index contributed by atoms with van der Waals surface area (Å²) in [5.41, 5.74) is 7.37. The van der Waals surface area contributed by atoms with E-state index in [2.05, 4.69) is 35.9 Å². The van der Waals surface area contributed by atoms with E-state index in [1.54, 1.807) is 0 Å². The minimum atomic E-state index is -1.60. The Bertz CT molecular complexity index is 1330. The fraction of sp³-hybridized carbons (Fsp3) is 0.320. The molecule has 1 aromatic carbocycles. The van der Waals surface area contributed by atoms with Crippen LogP contribution in [0.15, 0.2) is 49.3 Å². The third kappa shape index (κ3) is 9.47. The van der Waals surface area contributed by atoms with Crippen LogP contribution in [-0.4, -0.2) is 89.1 Å². The van der Waals surface area contributed by atoms with E-state index in [4.69, 9.17) is 5.73 Å². The van der Waals surface area contributed by atoms with E-state index < -0.39 is 60.2 Å². The highest BCUT2D eigenvalue weighted by Crippen LogP contribution is 2.12. The first-order chi connectivity index (χ1) is 19.5. The number of hydrogen-bond donors (Lipinski definition) is 9. The maximum absolute atomic E-state index is 13.2. The number of aliphatic carboxylic acids is 2. The number of aromatic amines is 2. The monoisotopic (exact) mass is 570 g/mol. The topological polar surface area (TPSA) is 266 Å². The molecule has 3 aromatic rings. The van der Waals surface area contributed by atoms with Crippen molar-refractivity contribution >= 4 is 29.7 Å². The zero-order valence-electron chi connectivity index (χ0n) is 21.6. The van der Waals surface area contributed by atoms with Gasteiger partial charge in [-0.05, 0) is 17.7 Å². The number of phenolic OH excluding ortho intramolecular Hbond substituents is 1. The molecule has 2 aromatic heterocycles. The first-order valence-corrected chi connectivity index (χ1v) is 12.4. The number of carboxylic acid groups (broad SMARTS) is 2. The normalized spacial score (nSPS) is 13.8. The van der Waals surface area contributed by atoms with Crippen LogP contribution in [0.5, 0.6) is 5.75 Å². The highest BCUT2D eigenvalue weighted by Gasteiger charge is 2.32. The number of H-pyrrole nitrogens is 2. The van der Waals surface area contributed by atoms with E-state index in [1.165, 1.54) is 49.3 Å². The van der Waals surface area contributed by atoms with Crippen LogP contribution in [0, 0.1) is 0 Å². The van der Waals surface area contributed by atoms with Gasteiger partial charge < -0.3 is 47.0 Å². The molecule has 41 heavy (non-hydrogen) atoms. The van der Waals surface area contributed by atoms with Gasteiger partial charge in [0.2, 0.25) is 17.7 Å². The Morgan fingerprint density at radius 2 is 1.29 bits per heavy atom. The van der Waals surface area contributed by atoms with Gasteiger partial charge >= 0.3 is 11.9 Å². The lowest BCUT2D eigenvalue weighted by Crippen LogP contribution is -2.58. The van der Waals surface area contributed by atoms with Crippen molar-refractivity contribution in [1.29, 1.82) is 0 Å². The summed E-state index contributed by atoms with van der Waals surface area (Å²) in [4.78, 5) is 75.6. The van der Waals surface area contributed by atoms with Crippen LogP contribution in [0.3, 0.4) is 0 Å². The van der Waals surface area contributed by atoms with E-state index in [0.29, 0.717) is 17.0 Å². The number of carbonyl (C=O) groups excluding carboxylic acids is 3. The number of hydrogen-bond acceptors (Lipinski definition) is 9. The van der Waals surface area contributed by atoms with Crippen molar-refractivity contribution in [2.45, 2.75) is 49.9 Å². The van der Waals surface area contributed by atoms with Crippen molar-refractivity contribution in [3.05, 3.63) is 66.3 Å². The number of nitrogens with zero attached hydrogens (tertiary/aromatic N) is 2. The quantitative estimate of drug-likeness (QED) is 0.0984. The number of nitrogens with one attached hydrogen (secondary N) is 5. The minimum Gasteiger partial charge on any atom is -0.508 e. The molecule has 4 unspecified atom stereocenters. The largest absolute Gasteiger partial charge is 0.508 e. The Morgan fingerprint density at radius 1 is 0.756 bits per heavy atom. The van der Waals surface area contributed by atoms with Crippen LogP contribution in [-0.2, 0) is 43.2 Å². The molecule has 0 bridgehead atoms. The fourth-order valence-electron chi connectivity index (χ4n) is 3.83. The third-order valence-corrected chi connectivity index (χ3v) is 5.95. The van der Waals surface area contributed by atoms with Gasteiger partial charge in [-0.2, -0.15) is 0 Å². The van der Waals surface area contributed by atoms with Gasteiger partial charge in [-0.1, -0.05) is 12.1 Å². The Kier molecular flexibility index (Phi) is 10.5. The Balaban J connectivity index is 1.74. The second-order valence-corrected chi connectivity index (χ2v) is 9.16. The highest BCUT2D eigenvalue weighted by molar-refractivity contribution is 5.95. The molecule has 0 fully saturated rings. The number of amides is 3. The van der Waals surface area contributed by atoms with Gasteiger partial charge in [0.1, 0.15) is 23.9 Å². The summed E-state index contributed by atoms with van der Waals surface area (Å²) in [6.45, 7) is 0. The molecule has 0 aliphatic heterocycles. The van der Waals surface area contributed by atoms with E-state index in [0.717, 1.165) is 0 Å². The number of carbonyl (C=O) groups is 5. The average Bonchev–Trinajstić information content (AvgIpc) is 3.63. The van der Waals surface area contributed by atoms with Gasteiger partial charge in [0.05, 0.1) is 25.1 Å². The summed E-state index contributed by atoms with van der Waals surface area (Å²) < 4.78 is 0. The highest BCUT2D eigenvalue weighted by atomic mass is 16.4. The van der Waals surface area contributed by atoms with E-state index in [1.807, 2.05) is 0 Å². The summed E-state index contributed by atoms with van der Waals surface area (Å²) >= 11 is 0. The first kappa shape index (κ1) is 30.3. The van der Waals surface area contributed by atoms with Crippen molar-refractivity contribution in [2.24, 2.45) is 5.73 Å². The van der Waals surface area contributed by atoms with Crippen LogP contribution in [0.2, 0.25) is 0 Å². The van der Waals surface area contributed by atoms with Crippen molar-refractivity contribution in [3.8, 4) is 5.75 Å². The average molecular weight is 571 g/mol. The zero-order valence-corrected chi connectivity index (χ0v) is 21.6. The summed E-state index contributed by atoms with van der Waals surface area (Å²) in [7, 11) is 0. The maximum atomic E-state index is 13.2. The molecule has 218 valence electrons. The Labute approximate surface area is 232 Å². The molecule has 0 radical (unpaired) electrons. The van der Waals surface area contributed by atoms with E-state index in [9.17, 15) is 39.3 Å². The predicted octanol–water partition coefficient (Wildman–Crippen LogP) is -1.79. The number of benzene rings is 1. The second-order valence-electron chi connectivity index (χ2n) is 9.16. The van der Waals surface area contributed by atoms with Crippen molar-refractivity contribution in [3.63, 3.8) is 0 Å². The number of imidazole rings is 2. The Hall–Kier alpha value is -5.25.